The second-order valence-electron chi connectivity index (χ2n) is 4.36. The molecule has 0 radical (unpaired) electrons. The number of nitrogens with one attached hydrogen (secondary N) is 1. The number of aromatic nitrogens is 1. The molecule has 5 nitrogen and oxygen atoms in total. The number of nitrogens with zero attached hydrogens (tertiary/aromatic N) is 1. The van der Waals surface area contributed by atoms with E-state index in [0.29, 0.717) is 0 Å². The fraction of sp³-hybridized carbons (Fsp3) is 0.417. The summed E-state index contributed by atoms with van der Waals surface area (Å²) in [4.78, 5) is 26.5. The molecule has 1 saturated carbocycles. The lowest BCUT2D eigenvalue weighted by Crippen LogP contribution is -2.38. The van der Waals surface area contributed by atoms with Crippen LogP contribution in [0.2, 0.25) is 5.15 Å². The zero-order valence-electron chi connectivity index (χ0n) is 9.60. The van der Waals surface area contributed by atoms with Gasteiger partial charge in [0, 0.05) is 12.2 Å². The molecule has 0 bridgehead atoms. The molecule has 0 spiro atoms. The Hall–Kier alpha value is -1.62. The van der Waals surface area contributed by atoms with Gasteiger partial charge in [-0.15, -0.1) is 0 Å². The maximum Gasteiger partial charge on any atom is 0.305 e. The van der Waals surface area contributed by atoms with Crippen molar-refractivity contribution < 1.29 is 14.7 Å². The van der Waals surface area contributed by atoms with Crippen molar-refractivity contribution >= 4 is 23.5 Å². The van der Waals surface area contributed by atoms with Crippen LogP contribution in [0.15, 0.2) is 18.3 Å². The molecule has 2 rings (SSSR count). The fourth-order valence-electron chi connectivity index (χ4n) is 1.82. The number of carboxylic acids is 1. The molecule has 1 heterocycles. The second kappa shape index (κ2) is 5.35. The van der Waals surface area contributed by atoms with Crippen LogP contribution >= 0.6 is 11.6 Å². The fourth-order valence-corrected chi connectivity index (χ4v) is 2.03. The molecular formula is C12H13ClN2O3. The number of pyridine rings is 1. The summed E-state index contributed by atoms with van der Waals surface area (Å²) >= 11 is 5.82. The third kappa shape index (κ3) is 3.20. The average Bonchev–Trinajstić information content (AvgIpc) is 3.11. The number of carbonyl (C=O) groups is 2. The topological polar surface area (TPSA) is 79.3 Å². The third-order valence-corrected chi connectivity index (χ3v) is 3.21. The van der Waals surface area contributed by atoms with Gasteiger partial charge in [0.15, 0.2) is 0 Å². The molecule has 0 saturated heterocycles. The van der Waals surface area contributed by atoms with E-state index in [1.54, 1.807) is 12.1 Å². The number of amides is 1. The SMILES string of the molecule is O=C(O)CC(NC(=O)c1cccnc1Cl)C1CC1. The molecule has 1 amide bonds. The Morgan fingerprint density at radius 1 is 1.56 bits per heavy atom. The lowest BCUT2D eigenvalue weighted by atomic mass is 10.1. The summed E-state index contributed by atoms with van der Waals surface area (Å²) in [5.74, 6) is -1.02. The predicted molar refractivity (Wildman–Crippen MR) is 65.5 cm³/mol. The molecule has 1 unspecified atom stereocenters. The van der Waals surface area contributed by atoms with E-state index >= 15 is 0 Å². The van der Waals surface area contributed by atoms with Gasteiger partial charge in [-0.3, -0.25) is 9.59 Å². The van der Waals surface area contributed by atoms with E-state index < -0.39 is 5.97 Å². The largest absolute Gasteiger partial charge is 0.481 e. The van der Waals surface area contributed by atoms with E-state index in [-0.39, 0.29) is 35.0 Å². The molecule has 1 fully saturated rings. The van der Waals surface area contributed by atoms with Gasteiger partial charge >= 0.3 is 5.97 Å². The molecule has 18 heavy (non-hydrogen) atoms. The number of carboxylic acid groups (broad SMARTS) is 1. The summed E-state index contributed by atoms with van der Waals surface area (Å²) in [6.07, 6.45) is 3.35. The highest BCUT2D eigenvalue weighted by atomic mass is 35.5. The maximum absolute atomic E-state index is 12.0. The van der Waals surface area contributed by atoms with Crippen LogP contribution in [-0.2, 0) is 4.79 Å². The van der Waals surface area contributed by atoms with Crippen LogP contribution in [0.25, 0.3) is 0 Å². The van der Waals surface area contributed by atoms with Crippen molar-refractivity contribution in [2.45, 2.75) is 25.3 Å². The van der Waals surface area contributed by atoms with Gasteiger partial charge in [-0.2, -0.15) is 0 Å². The molecule has 6 heteroatoms. The van der Waals surface area contributed by atoms with Crippen molar-refractivity contribution in [3.63, 3.8) is 0 Å². The number of hydrogen-bond acceptors (Lipinski definition) is 3. The van der Waals surface area contributed by atoms with Crippen LogP contribution < -0.4 is 5.32 Å². The smallest absolute Gasteiger partial charge is 0.305 e. The summed E-state index contributed by atoms with van der Waals surface area (Å²) in [5.41, 5.74) is 0.273. The Bertz CT molecular complexity index is 474. The maximum atomic E-state index is 12.0. The van der Waals surface area contributed by atoms with Crippen LogP contribution in [0.5, 0.6) is 0 Å². The minimum atomic E-state index is -0.913. The van der Waals surface area contributed by atoms with E-state index in [2.05, 4.69) is 10.3 Å². The Labute approximate surface area is 109 Å². The Morgan fingerprint density at radius 3 is 2.83 bits per heavy atom. The summed E-state index contributed by atoms with van der Waals surface area (Å²) in [6, 6.07) is 2.85. The van der Waals surface area contributed by atoms with E-state index in [9.17, 15) is 9.59 Å². The lowest BCUT2D eigenvalue weighted by Gasteiger charge is -2.16. The number of rotatable bonds is 5. The van der Waals surface area contributed by atoms with Gasteiger partial charge in [0.05, 0.1) is 12.0 Å². The van der Waals surface area contributed by atoms with Gasteiger partial charge in [0.1, 0.15) is 5.15 Å². The molecule has 1 aliphatic rings. The molecular weight excluding hydrogens is 256 g/mol. The molecule has 1 atom stereocenters. The van der Waals surface area contributed by atoms with Gasteiger partial charge in [-0.05, 0) is 30.9 Å². The van der Waals surface area contributed by atoms with Gasteiger partial charge in [0.2, 0.25) is 0 Å². The van der Waals surface area contributed by atoms with Crippen molar-refractivity contribution in [3.05, 3.63) is 29.0 Å². The standard InChI is InChI=1S/C12H13ClN2O3/c13-11-8(2-1-5-14-11)12(18)15-9(6-10(16)17)7-3-4-7/h1-2,5,7,9H,3-4,6H2,(H,15,18)(H,16,17). The quantitative estimate of drug-likeness (QED) is 0.797. The first-order valence-electron chi connectivity index (χ1n) is 5.71. The van der Waals surface area contributed by atoms with Crippen LogP contribution in [-0.4, -0.2) is 28.0 Å². The second-order valence-corrected chi connectivity index (χ2v) is 4.72. The van der Waals surface area contributed by atoms with Crippen molar-refractivity contribution in [1.82, 2.24) is 10.3 Å². The molecule has 1 aliphatic carbocycles. The number of carbonyl (C=O) groups excluding carboxylic acids is 1. The van der Waals surface area contributed by atoms with Gasteiger partial charge in [-0.25, -0.2) is 4.98 Å². The highest BCUT2D eigenvalue weighted by Crippen LogP contribution is 2.34. The van der Waals surface area contributed by atoms with Crippen molar-refractivity contribution in [2.24, 2.45) is 5.92 Å². The highest BCUT2D eigenvalue weighted by Gasteiger charge is 2.34. The normalized spacial score (nSPS) is 16.1. The zero-order chi connectivity index (χ0) is 13.1. The lowest BCUT2D eigenvalue weighted by molar-refractivity contribution is -0.137. The Balaban J connectivity index is 2.05. The first kappa shape index (κ1) is 12.8. The summed E-state index contributed by atoms with van der Waals surface area (Å²) in [5, 5.41) is 11.7. The molecule has 0 aliphatic heterocycles. The van der Waals surface area contributed by atoms with Crippen LogP contribution in [0.1, 0.15) is 29.6 Å². The summed E-state index contributed by atoms with van der Waals surface area (Å²) in [7, 11) is 0. The van der Waals surface area contributed by atoms with E-state index in [1.807, 2.05) is 0 Å². The van der Waals surface area contributed by atoms with Crippen molar-refractivity contribution in [1.29, 1.82) is 0 Å². The van der Waals surface area contributed by atoms with E-state index in [4.69, 9.17) is 16.7 Å². The molecule has 96 valence electrons. The average molecular weight is 269 g/mol. The number of aliphatic carboxylic acids is 1. The first-order valence-corrected chi connectivity index (χ1v) is 6.09. The van der Waals surface area contributed by atoms with Gasteiger partial charge in [0.25, 0.3) is 5.91 Å². The third-order valence-electron chi connectivity index (χ3n) is 2.91. The van der Waals surface area contributed by atoms with Gasteiger partial charge in [-0.1, -0.05) is 11.6 Å². The van der Waals surface area contributed by atoms with E-state index in [1.165, 1.54) is 6.20 Å². The summed E-state index contributed by atoms with van der Waals surface area (Å²) < 4.78 is 0. The van der Waals surface area contributed by atoms with Gasteiger partial charge < -0.3 is 10.4 Å². The summed E-state index contributed by atoms with van der Waals surface area (Å²) in [6.45, 7) is 0. The number of hydrogen-bond donors (Lipinski definition) is 2. The monoisotopic (exact) mass is 268 g/mol. The first-order chi connectivity index (χ1) is 8.58. The number of halogens is 1. The van der Waals surface area contributed by atoms with Crippen LogP contribution in [0, 0.1) is 5.92 Å². The molecule has 1 aromatic heterocycles. The van der Waals surface area contributed by atoms with Crippen LogP contribution in [0.3, 0.4) is 0 Å². The van der Waals surface area contributed by atoms with Crippen LogP contribution in [0.4, 0.5) is 0 Å². The highest BCUT2D eigenvalue weighted by molar-refractivity contribution is 6.32. The molecule has 1 aromatic rings. The minimum Gasteiger partial charge on any atom is -0.481 e. The minimum absolute atomic E-state index is 0.0612. The van der Waals surface area contributed by atoms with E-state index in [0.717, 1.165) is 12.8 Å². The van der Waals surface area contributed by atoms with Crippen molar-refractivity contribution in [3.8, 4) is 0 Å². The Morgan fingerprint density at radius 2 is 2.28 bits per heavy atom. The molecule has 0 aromatic carbocycles. The predicted octanol–water partition coefficient (Wildman–Crippen LogP) is 1.72. The Kier molecular flexibility index (Phi) is 3.81. The van der Waals surface area contributed by atoms with Crippen molar-refractivity contribution in [2.75, 3.05) is 0 Å². The zero-order valence-corrected chi connectivity index (χ0v) is 10.4. The molecule has 2 N–H and O–H groups in total.